The Hall–Kier alpha value is -2.92. The van der Waals surface area contributed by atoms with E-state index in [0.717, 1.165) is 73.9 Å². The van der Waals surface area contributed by atoms with E-state index in [1.54, 1.807) is 6.08 Å². The van der Waals surface area contributed by atoms with Crippen molar-refractivity contribution < 1.29 is 18.0 Å². The summed E-state index contributed by atoms with van der Waals surface area (Å²) in [4.78, 5) is 17.6. The lowest BCUT2D eigenvalue weighted by Crippen LogP contribution is -2.14. The molecule has 2 nitrogen and oxygen atoms in total. The summed E-state index contributed by atoms with van der Waals surface area (Å²) in [5, 5.41) is 0.660. The monoisotopic (exact) mass is 553 g/mol. The largest absolute Gasteiger partial charge is 0.416 e. The van der Waals surface area contributed by atoms with Crippen molar-refractivity contribution in [2.75, 3.05) is 0 Å². The van der Waals surface area contributed by atoms with Crippen LogP contribution in [0, 0.1) is 11.8 Å². The van der Waals surface area contributed by atoms with Gasteiger partial charge in [-0.15, -0.1) is 0 Å². The maximum absolute atomic E-state index is 13.0. The maximum Gasteiger partial charge on any atom is 0.416 e. The molecule has 0 heterocycles. The highest BCUT2D eigenvalue weighted by Gasteiger charge is 2.30. The Kier molecular flexibility index (Phi) is 9.66. The molecule has 0 aromatic heterocycles. The lowest BCUT2D eigenvalue weighted by Gasteiger charge is -2.27. The fourth-order valence-corrected chi connectivity index (χ4v) is 5.94. The topological polar surface area (TPSA) is 29.4 Å². The van der Waals surface area contributed by atoms with Gasteiger partial charge in [-0.3, -0.25) is 9.79 Å². The molecule has 4 rings (SSSR count). The summed E-state index contributed by atoms with van der Waals surface area (Å²) in [5.74, 6) is 1.08. The molecular weight excluding hydrogens is 519 g/mol. The average Bonchev–Trinajstić information content (AvgIpc) is 3.05. The van der Waals surface area contributed by atoms with Gasteiger partial charge in [-0.05, 0) is 85.9 Å². The molecule has 2 aromatic carbocycles. The summed E-state index contributed by atoms with van der Waals surface area (Å²) in [6.45, 7) is 5.79. The number of fused-ring (bicyclic) bond motifs is 1. The highest BCUT2D eigenvalue weighted by Crippen LogP contribution is 2.37. The number of hydrogen-bond acceptors (Lipinski definition) is 2. The fraction of sp³-hybridized carbons (Fsp3) is 0.394. The molecule has 1 fully saturated rings. The van der Waals surface area contributed by atoms with E-state index in [1.165, 1.54) is 17.7 Å². The van der Waals surface area contributed by atoms with Crippen molar-refractivity contribution in [2.45, 2.75) is 70.9 Å². The van der Waals surface area contributed by atoms with Crippen molar-refractivity contribution in [1.82, 2.24) is 0 Å². The predicted molar refractivity (Wildman–Crippen MR) is 154 cm³/mol. The molecule has 0 amide bonds. The van der Waals surface area contributed by atoms with Gasteiger partial charge < -0.3 is 0 Å². The first-order valence-corrected chi connectivity index (χ1v) is 14.1. The Morgan fingerprint density at radius 3 is 2.49 bits per heavy atom. The van der Waals surface area contributed by atoms with Crippen LogP contribution in [0.1, 0.15) is 80.5 Å². The molecule has 0 aliphatic heterocycles. The Balaban J connectivity index is 1.46. The van der Waals surface area contributed by atoms with Gasteiger partial charge >= 0.3 is 6.18 Å². The number of Topliss-reactive ketones (excluding diaryl/α,β-unsaturated/α-hetero) is 1. The van der Waals surface area contributed by atoms with Crippen molar-refractivity contribution in [3.63, 3.8) is 0 Å². The average molecular weight is 554 g/mol. The molecule has 2 unspecified atom stereocenters. The summed E-state index contributed by atoms with van der Waals surface area (Å²) in [6.07, 6.45) is 9.70. The minimum absolute atomic E-state index is 0.242. The third kappa shape index (κ3) is 7.82. The van der Waals surface area contributed by atoms with E-state index >= 15 is 0 Å². The van der Waals surface area contributed by atoms with Gasteiger partial charge in [-0.2, -0.15) is 13.2 Å². The number of nitrogens with zero attached hydrogens (tertiary/aromatic N) is 1. The molecule has 1 saturated carbocycles. The number of benzene rings is 2. The maximum atomic E-state index is 13.0. The van der Waals surface area contributed by atoms with Crippen LogP contribution in [0.15, 0.2) is 77.5 Å². The molecule has 0 saturated heterocycles. The molecular formula is C33H35ClF3NO. The quantitative estimate of drug-likeness (QED) is 0.327. The van der Waals surface area contributed by atoms with E-state index in [9.17, 15) is 18.0 Å². The van der Waals surface area contributed by atoms with Crippen LogP contribution in [0.5, 0.6) is 0 Å². The van der Waals surface area contributed by atoms with Gasteiger partial charge in [0.2, 0.25) is 0 Å². The SMILES string of the molecule is C=CC(=N/C(=C/C)CC1CCCCC(C2=Cc3ccc(Cl)cc3CC(=O)C2)CC1)c1ccc(C(F)(F)F)cc1. The van der Waals surface area contributed by atoms with Crippen LogP contribution in [0.2, 0.25) is 5.02 Å². The van der Waals surface area contributed by atoms with Crippen molar-refractivity contribution >= 4 is 29.2 Å². The van der Waals surface area contributed by atoms with E-state index in [4.69, 9.17) is 16.6 Å². The molecule has 39 heavy (non-hydrogen) atoms. The fourth-order valence-electron chi connectivity index (χ4n) is 5.74. The summed E-state index contributed by atoms with van der Waals surface area (Å²) in [6, 6.07) is 10.9. The first kappa shape index (κ1) is 29.1. The second-order valence-electron chi connectivity index (χ2n) is 10.6. The third-order valence-electron chi connectivity index (χ3n) is 7.89. The number of carbonyl (C=O) groups excluding carboxylic acids is 1. The highest BCUT2D eigenvalue weighted by molar-refractivity contribution is 6.30. The molecule has 0 bridgehead atoms. The number of hydrogen-bond donors (Lipinski definition) is 0. The van der Waals surface area contributed by atoms with Crippen LogP contribution < -0.4 is 0 Å². The van der Waals surface area contributed by atoms with Gasteiger partial charge in [-0.1, -0.05) is 73.4 Å². The van der Waals surface area contributed by atoms with E-state index in [1.807, 2.05) is 31.2 Å². The number of carbonyl (C=O) groups is 1. The first-order chi connectivity index (χ1) is 18.7. The Labute approximate surface area is 234 Å². The van der Waals surface area contributed by atoms with Gasteiger partial charge in [-0.25, -0.2) is 0 Å². The van der Waals surface area contributed by atoms with Crippen molar-refractivity contribution in [2.24, 2.45) is 16.8 Å². The van der Waals surface area contributed by atoms with Gasteiger partial charge in [0.1, 0.15) is 5.78 Å². The molecule has 0 radical (unpaired) electrons. The molecule has 2 aromatic rings. The van der Waals surface area contributed by atoms with Crippen LogP contribution in [0.3, 0.4) is 0 Å². The van der Waals surface area contributed by atoms with E-state index in [0.29, 0.717) is 41.0 Å². The van der Waals surface area contributed by atoms with Crippen molar-refractivity contribution in [3.05, 3.63) is 99.7 Å². The zero-order valence-corrected chi connectivity index (χ0v) is 23.1. The van der Waals surface area contributed by atoms with Crippen LogP contribution in [0.25, 0.3) is 6.08 Å². The molecule has 2 aliphatic rings. The molecule has 2 aliphatic carbocycles. The Bertz CT molecular complexity index is 1290. The summed E-state index contributed by atoms with van der Waals surface area (Å²) in [7, 11) is 0. The van der Waals surface area contributed by atoms with Crippen LogP contribution >= 0.6 is 11.6 Å². The van der Waals surface area contributed by atoms with Gasteiger partial charge in [0.25, 0.3) is 0 Å². The van der Waals surface area contributed by atoms with E-state index < -0.39 is 11.7 Å². The van der Waals surface area contributed by atoms with Gasteiger partial charge in [0.15, 0.2) is 0 Å². The molecule has 206 valence electrons. The van der Waals surface area contributed by atoms with Crippen LogP contribution in [-0.4, -0.2) is 11.5 Å². The molecule has 2 atom stereocenters. The van der Waals surface area contributed by atoms with Gasteiger partial charge in [0, 0.05) is 29.1 Å². The standard InChI is InChI=1S/C33H35ClF3NO/c1-3-30(38-32(4-2)24-11-14-28(15-12-24)33(35,36)37)17-22-7-5-6-8-23(10-9-22)26-18-25-13-16-29(34)19-27(25)21-31(39)20-26/h3-4,11-16,18-19,22-23H,2,5-10,17,20-21H2,1H3/b30-3+,38-32?. The zero-order valence-electron chi connectivity index (χ0n) is 22.4. The summed E-state index contributed by atoms with van der Waals surface area (Å²) >= 11 is 6.18. The van der Waals surface area contributed by atoms with Crippen molar-refractivity contribution in [1.29, 1.82) is 0 Å². The van der Waals surface area contributed by atoms with Crippen LogP contribution in [-0.2, 0) is 17.4 Å². The van der Waals surface area contributed by atoms with Crippen LogP contribution in [0.4, 0.5) is 13.2 Å². The molecule has 0 spiro atoms. The third-order valence-corrected chi connectivity index (χ3v) is 8.13. The second-order valence-corrected chi connectivity index (χ2v) is 11.1. The van der Waals surface area contributed by atoms with E-state index in [-0.39, 0.29) is 5.78 Å². The normalized spacial score (nSPS) is 21.4. The minimum Gasteiger partial charge on any atom is -0.299 e. The predicted octanol–water partition coefficient (Wildman–Crippen LogP) is 9.81. The van der Waals surface area contributed by atoms with E-state index in [2.05, 4.69) is 12.7 Å². The number of ketones is 1. The van der Waals surface area contributed by atoms with Gasteiger partial charge in [0.05, 0.1) is 11.3 Å². The number of allylic oxidation sites excluding steroid dienone is 4. The number of alkyl halides is 3. The number of rotatable bonds is 6. The summed E-state index contributed by atoms with van der Waals surface area (Å²) < 4.78 is 38.9. The zero-order chi connectivity index (χ0) is 28.0. The second kappa shape index (κ2) is 13.0. The highest BCUT2D eigenvalue weighted by atomic mass is 35.5. The Morgan fingerprint density at radius 1 is 1.05 bits per heavy atom. The lowest BCUT2D eigenvalue weighted by molar-refractivity contribution is -0.137. The van der Waals surface area contributed by atoms with Crippen molar-refractivity contribution in [3.8, 4) is 0 Å². The Morgan fingerprint density at radius 2 is 1.79 bits per heavy atom. The minimum atomic E-state index is -4.37. The smallest absolute Gasteiger partial charge is 0.299 e. The lowest BCUT2D eigenvalue weighted by atomic mass is 9.79. The first-order valence-electron chi connectivity index (χ1n) is 13.7. The molecule has 0 N–H and O–H groups in total. The number of halogens is 4. The number of aliphatic imine (C=N–C) groups is 1. The summed E-state index contributed by atoms with van der Waals surface area (Å²) in [5.41, 5.74) is 4.77. The molecule has 6 heteroatoms.